The summed E-state index contributed by atoms with van der Waals surface area (Å²) in [6.07, 6.45) is 3.98. The van der Waals surface area contributed by atoms with Crippen LogP contribution >= 0.6 is 15.9 Å². The largest absolute Gasteiger partial charge is 0.355 e. The summed E-state index contributed by atoms with van der Waals surface area (Å²) in [7, 11) is 0. The van der Waals surface area contributed by atoms with Gasteiger partial charge in [-0.2, -0.15) is 0 Å². The fourth-order valence-electron chi connectivity index (χ4n) is 3.12. The summed E-state index contributed by atoms with van der Waals surface area (Å²) in [6, 6.07) is 5.01. The molecule has 3 nitrogen and oxygen atoms in total. The SMILES string of the molecule is Cc1nc(N2CCCN3CCCC3C2)ccc1Br. The van der Waals surface area contributed by atoms with Crippen LogP contribution in [-0.2, 0) is 0 Å². The number of nitrogens with zero attached hydrogens (tertiary/aromatic N) is 3. The smallest absolute Gasteiger partial charge is 0.128 e. The van der Waals surface area contributed by atoms with Crippen LogP contribution in [0.15, 0.2) is 16.6 Å². The second kappa shape index (κ2) is 5.17. The van der Waals surface area contributed by atoms with Gasteiger partial charge in [0.15, 0.2) is 0 Å². The predicted molar refractivity (Wildman–Crippen MR) is 78.1 cm³/mol. The molecule has 2 aliphatic rings. The Morgan fingerprint density at radius 2 is 2.06 bits per heavy atom. The van der Waals surface area contributed by atoms with Crippen LogP contribution in [0.2, 0.25) is 0 Å². The maximum atomic E-state index is 4.71. The second-order valence-corrected chi connectivity index (χ2v) is 6.22. The molecule has 1 aromatic rings. The van der Waals surface area contributed by atoms with Gasteiger partial charge in [0.05, 0.1) is 5.69 Å². The average Bonchev–Trinajstić information content (AvgIpc) is 2.70. The topological polar surface area (TPSA) is 19.4 Å². The number of aryl methyl sites for hydroxylation is 1. The first-order valence-corrected chi connectivity index (χ1v) is 7.65. The van der Waals surface area contributed by atoms with Crippen LogP contribution in [0.25, 0.3) is 0 Å². The van der Waals surface area contributed by atoms with E-state index in [1.54, 1.807) is 0 Å². The van der Waals surface area contributed by atoms with E-state index in [0.717, 1.165) is 35.1 Å². The molecule has 0 radical (unpaired) electrons. The van der Waals surface area contributed by atoms with E-state index in [-0.39, 0.29) is 0 Å². The van der Waals surface area contributed by atoms with Crippen molar-refractivity contribution in [2.45, 2.75) is 32.2 Å². The van der Waals surface area contributed by atoms with Gasteiger partial charge in [-0.25, -0.2) is 4.98 Å². The molecule has 0 amide bonds. The fourth-order valence-corrected chi connectivity index (χ4v) is 3.34. The third kappa shape index (κ3) is 2.41. The van der Waals surface area contributed by atoms with Crippen molar-refractivity contribution in [3.8, 4) is 0 Å². The monoisotopic (exact) mass is 309 g/mol. The zero-order valence-electron chi connectivity index (χ0n) is 10.9. The molecule has 0 saturated carbocycles. The van der Waals surface area contributed by atoms with Gasteiger partial charge in [-0.1, -0.05) is 0 Å². The number of rotatable bonds is 1. The molecule has 3 rings (SSSR count). The lowest BCUT2D eigenvalue weighted by Gasteiger charge is -2.26. The molecular formula is C14H20BrN3. The number of pyridine rings is 1. The standard InChI is InChI=1S/C14H20BrN3/c1-11-13(15)5-6-14(16-11)18-9-3-8-17-7-2-4-12(17)10-18/h5-6,12H,2-4,7-10H2,1H3. The molecule has 98 valence electrons. The van der Waals surface area contributed by atoms with Crippen molar-refractivity contribution in [1.29, 1.82) is 0 Å². The van der Waals surface area contributed by atoms with Crippen molar-refractivity contribution in [2.24, 2.45) is 0 Å². The normalized spacial score (nSPS) is 25.0. The van der Waals surface area contributed by atoms with E-state index in [4.69, 9.17) is 4.98 Å². The Labute approximate surface area is 117 Å². The van der Waals surface area contributed by atoms with Crippen molar-refractivity contribution < 1.29 is 0 Å². The number of aromatic nitrogens is 1. The van der Waals surface area contributed by atoms with E-state index in [9.17, 15) is 0 Å². The Hall–Kier alpha value is -0.610. The highest BCUT2D eigenvalue weighted by atomic mass is 79.9. The first-order valence-electron chi connectivity index (χ1n) is 6.86. The predicted octanol–water partition coefficient (Wildman–Crippen LogP) is 2.83. The molecule has 2 saturated heterocycles. The van der Waals surface area contributed by atoms with Gasteiger partial charge in [-0.05, 0) is 60.8 Å². The third-order valence-corrected chi connectivity index (χ3v) is 4.97. The molecule has 1 atom stereocenters. The summed E-state index contributed by atoms with van der Waals surface area (Å²) < 4.78 is 1.10. The van der Waals surface area contributed by atoms with Gasteiger partial charge in [0, 0.05) is 30.1 Å². The number of halogens is 1. The van der Waals surface area contributed by atoms with Crippen LogP contribution in [-0.4, -0.2) is 42.1 Å². The number of hydrogen-bond acceptors (Lipinski definition) is 3. The van der Waals surface area contributed by atoms with E-state index < -0.39 is 0 Å². The van der Waals surface area contributed by atoms with Crippen molar-refractivity contribution in [3.63, 3.8) is 0 Å². The summed E-state index contributed by atoms with van der Waals surface area (Å²) in [6.45, 7) is 6.91. The summed E-state index contributed by atoms with van der Waals surface area (Å²) in [4.78, 5) is 9.84. The number of anilines is 1. The zero-order valence-corrected chi connectivity index (χ0v) is 12.5. The van der Waals surface area contributed by atoms with Gasteiger partial charge < -0.3 is 4.90 Å². The molecule has 0 aliphatic carbocycles. The van der Waals surface area contributed by atoms with Crippen LogP contribution in [0, 0.1) is 6.92 Å². The Balaban J connectivity index is 1.80. The molecule has 18 heavy (non-hydrogen) atoms. The van der Waals surface area contributed by atoms with E-state index in [1.165, 1.54) is 32.4 Å². The Bertz CT molecular complexity index is 435. The maximum Gasteiger partial charge on any atom is 0.128 e. The molecule has 0 bridgehead atoms. The number of hydrogen-bond donors (Lipinski definition) is 0. The summed E-state index contributed by atoms with van der Waals surface area (Å²) in [5.41, 5.74) is 1.08. The molecule has 1 aromatic heterocycles. The maximum absolute atomic E-state index is 4.71. The van der Waals surface area contributed by atoms with Crippen LogP contribution in [0.4, 0.5) is 5.82 Å². The molecule has 1 unspecified atom stereocenters. The van der Waals surface area contributed by atoms with Crippen molar-refractivity contribution in [3.05, 3.63) is 22.3 Å². The van der Waals surface area contributed by atoms with Crippen LogP contribution in [0.5, 0.6) is 0 Å². The fraction of sp³-hybridized carbons (Fsp3) is 0.643. The first kappa shape index (κ1) is 12.4. The third-order valence-electron chi connectivity index (χ3n) is 4.13. The van der Waals surface area contributed by atoms with Gasteiger partial charge in [0.25, 0.3) is 0 Å². The van der Waals surface area contributed by atoms with Crippen molar-refractivity contribution in [2.75, 3.05) is 31.1 Å². The van der Waals surface area contributed by atoms with Crippen molar-refractivity contribution >= 4 is 21.7 Å². The molecular weight excluding hydrogens is 290 g/mol. The highest BCUT2D eigenvalue weighted by Crippen LogP contribution is 2.25. The van der Waals surface area contributed by atoms with E-state index in [2.05, 4.69) is 44.8 Å². The van der Waals surface area contributed by atoms with Gasteiger partial charge in [0.1, 0.15) is 5.82 Å². The van der Waals surface area contributed by atoms with Gasteiger partial charge in [-0.3, -0.25) is 4.90 Å². The summed E-state index contributed by atoms with van der Waals surface area (Å²) in [5, 5.41) is 0. The van der Waals surface area contributed by atoms with Crippen LogP contribution in [0.3, 0.4) is 0 Å². The van der Waals surface area contributed by atoms with Crippen LogP contribution < -0.4 is 4.90 Å². The molecule has 0 N–H and O–H groups in total. The molecule has 4 heteroatoms. The second-order valence-electron chi connectivity index (χ2n) is 5.37. The Kier molecular flexibility index (Phi) is 3.57. The van der Waals surface area contributed by atoms with E-state index >= 15 is 0 Å². The lowest BCUT2D eigenvalue weighted by molar-refractivity contribution is 0.273. The molecule has 2 fully saturated rings. The highest BCUT2D eigenvalue weighted by Gasteiger charge is 2.29. The lowest BCUT2D eigenvalue weighted by atomic mass is 10.2. The van der Waals surface area contributed by atoms with Gasteiger partial charge >= 0.3 is 0 Å². The van der Waals surface area contributed by atoms with E-state index in [0.29, 0.717) is 0 Å². The quantitative estimate of drug-likeness (QED) is 0.795. The minimum atomic E-state index is 0.748. The average molecular weight is 310 g/mol. The minimum Gasteiger partial charge on any atom is -0.355 e. The lowest BCUT2D eigenvalue weighted by Crippen LogP contribution is -2.37. The molecule has 3 heterocycles. The van der Waals surface area contributed by atoms with E-state index in [1.807, 2.05) is 0 Å². The first-order chi connectivity index (χ1) is 8.74. The van der Waals surface area contributed by atoms with Crippen molar-refractivity contribution in [1.82, 2.24) is 9.88 Å². The molecule has 0 aromatic carbocycles. The number of fused-ring (bicyclic) bond motifs is 1. The van der Waals surface area contributed by atoms with Gasteiger partial charge in [0.2, 0.25) is 0 Å². The summed E-state index contributed by atoms with van der Waals surface area (Å²) in [5.74, 6) is 1.14. The summed E-state index contributed by atoms with van der Waals surface area (Å²) >= 11 is 3.52. The van der Waals surface area contributed by atoms with Gasteiger partial charge in [-0.15, -0.1) is 0 Å². The molecule has 2 aliphatic heterocycles. The minimum absolute atomic E-state index is 0.748. The Morgan fingerprint density at radius 1 is 1.22 bits per heavy atom. The Morgan fingerprint density at radius 3 is 2.89 bits per heavy atom. The zero-order chi connectivity index (χ0) is 12.5. The van der Waals surface area contributed by atoms with Crippen LogP contribution in [0.1, 0.15) is 25.0 Å². The molecule has 0 spiro atoms. The highest BCUT2D eigenvalue weighted by molar-refractivity contribution is 9.10.